The Bertz CT molecular complexity index is 917. The van der Waals surface area contributed by atoms with Gasteiger partial charge in [-0.15, -0.1) is 0 Å². The van der Waals surface area contributed by atoms with Crippen LogP contribution >= 0.6 is 0 Å². The first-order valence-corrected chi connectivity index (χ1v) is 10.5. The van der Waals surface area contributed by atoms with Crippen LogP contribution in [-0.4, -0.2) is 50.8 Å². The summed E-state index contributed by atoms with van der Waals surface area (Å²) < 4.78 is 35.6. The molecule has 1 atom stereocenters. The lowest BCUT2D eigenvalue weighted by molar-refractivity contribution is 0.229. The lowest BCUT2D eigenvalue weighted by Crippen LogP contribution is -2.48. The van der Waals surface area contributed by atoms with E-state index < -0.39 is 10.0 Å². The summed E-state index contributed by atoms with van der Waals surface area (Å²) in [7, 11) is -3.10. The Kier molecular flexibility index (Phi) is 5.64. The van der Waals surface area contributed by atoms with Crippen molar-refractivity contribution in [1.82, 2.24) is 9.62 Å². The highest BCUT2D eigenvalue weighted by molar-refractivity contribution is 7.88. The Morgan fingerprint density at radius 3 is 2.65 bits per heavy atom. The van der Waals surface area contributed by atoms with E-state index >= 15 is 0 Å². The molecule has 0 bridgehead atoms. The SMILES string of the molecule is C[C@@H](COc1ccc2ccc(=O)oc2c1)NC1CCN(S(C)(=O)=O)CC1. The monoisotopic (exact) mass is 380 g/mol. The first-order valence-electron chi connectivity index (χ1n) is 8.69. The van der Waals surface area contributed by atoms with Gasteiger partial charge in [-0.2, -0.15) is 0 Å². The van der Waals surface area contributed by atoms with Crippen molar-refractivity contribution >= 4 is 21.0 Å². The van der Waals surface area contributed by atoms with E-state index in [1.54, 1.807) is 12.1 Å². The number of benzene rings is 1. The molecule has 142 valence electrons. The fourth-order valence-electron chi connectivity index (χ4n) is 3.16. The van der Waals surface area contributed by atoms with E-state index in [4.69, 9.17) is 9.15 Å². The molecule has 1 aliphatic rings. The molecular weight excluding hydrogens is 356 g/mol. The van der Waals surface area contributed by atoms with Crippen molar-refractivity contribution in [1.29, 1.82) is 0 Å². The number of hydrogen-bond acceptors (Lipinski definition) is 6. The molecule has 0 spiro atoms. The number of rotatable bonds is 6. The minimum atomic E-state index is -3.10. The second kappa shape index (κ2) is 7.77. The minimum Gasteiger partial charge on any atom is -0.492 e. The van der Waals surface area contributed by atoms with Crippen molar-refractivity contribution in [3.05, 3.63) is 40.8 Å². The summed E-state index contributed by atoms with van der Waals surface area (Å²) >= 11 is 0. The van der Waals surface area contributed by atoms with Crippen LogP contribution in [0.4, 0.5) is 0 Å². The van der Waals surface area contributed by atoms with Crippen LogP contribution in [0.3, 0.4) is 0 Å². The van der Waals surface area contributed by atoms with Crippen LogP contribution in [0.15, 0.2) is 39.5 Å². The van der Waals surface area contributed by atoms with Crippen LogP contribution in [0.1, 0.15) is 19.8 Å². The average molecular weight is 380 g/mol. The second-order valence-electron chi connectivity index (χ2n) is 6.77. The molecule has 1 fully saturated rings. The normalized spacial score (nSPS) is 18.1. The quantitative estimate of drug-likeness (QED) is 0.766. The lowest BCUT2D eigenvalue weighted by atomic mass is 10.1. The number of sulfonamides is 1. The smallest absolute Gasteiger partial charge is 0.336 e. The van der Waals surface area contributed by atoms with Gasteiger partial charge in [-0.05, 0) is 38.0 Å². The van der Waals surface area contributed by atoms with Gasteiger partial charge in [-0.25, -0.2) is 17.5 Å². The van der Waals surface area contributed by atoms with E-state index in [1.807, 2.05) is 19.1 Å². The van der Waals surface area contributed by atoms with Gasteiger partial charge >= 0.3 is 5.63 Å². The van der Waals surface area contributed by atoms with Crippen LogP contribution in [0.2, 0.25) is 0 Å². The third-order valence-electron chi connectivity index (χ3n) is 4.54. The van der Waals surface area contributed by atoms with Crippen LogP contribution < -0.4 is 15.7 Å². The molecule has 0 aliphatic carbocycles. The molecule has 1 aromatic heterocycles. The summed E-state index contributed by atoms with van der Waals surface area (Å²) in [5.41, 5.74) is 0.119. The lowest BCUT2D eigenvalue weighted by Gasteiger charge is -2.32. The van der Waals surface area contributed by atoms with Gasteiger partial charge < -0.3 is 14.5 Å². The molecule has 1 saturated heterocycles. The standard InChI is InChI=1S/C18H24N2O5S/c1-13(19-15-7-9-20(10-8-15)26(2,22)23)12-24-16-5-3-14-4-6-18(21)25-17(14)11-16/h3-6,11,13,15,19H,7-10,12H2,1-2H3/t13-/m0/s1. The molecule has 8 heteroatoms. The molecule has 0 saturated carbocycles. The summed E-state index contributed by atoms with van der Waals surface area (Å²) in [5, 5.41) is 4.34. The van der Waals surface area contributed by atoms with Gasteiger partial charge in [0.2, 0.25) is 10.0 Å². The Morgan fingerprint density at radius 2 is 1.96 bits per heavy atom. The van der Waals surface area contributed by atoms with Crippen LogP contribution in [0, 0.1) is 0 Å². The summed E-state index contributed by atoms with van der Waals surface area (Å²) in [5.74, 6) is 0.646. The van der Waals surface area contributed by atoms with Gasteiger partial charge in [-0.1, -0.05) is 0 Å². The van der Waals surface area contributed by atoms with Crippen LogP contribution in [0.25, 0.3) is 11.0 Å². The van der Waals surface area contributed by atoms with Crippen molar-refractivity contribution in [2.45, 2.75) is 31.8 Å². The van der Waals surface area contributed by atoms with Crippen molar-refractivity contribution in [2.24, 2.45) is 0 Å². The van der Waals surface area contributed by atoms with Gasteiger partial charge in [0.25, 0.3) is 0 Å². The molecule has 1 aromatic carbocycles. The van der Waals surface area contributed by atoms with Crippen molar-refractivity contribution in [2.75, 3.05) is 26.0 Å². The summed E-state index contributed by atoms with van der Waals surface area (Å²) in [6.07, 6.45) is 2.83. The van der Waals surface area contributed by atoms with E-state index in [1.165, 1.54) is 16.6 Å². The average Bonchev–Trinajstić information content (AvgIpc) is 2.59. The summed E-state index contributed by atoms with van der Waals surface area (Å²) in [6, 6.07) is 8.92. The number of ether oxygens (including phenoxy) is 1. The number of piperidine rings is 1. The fraction of sp³-hybridized carbons (Fsp3) is 0.500. The fourth-order valence-corrected chi connectivity index (χ4v) is 4.03. The van der Waals surface area contributed by atoms with Crippen molar-refractivity contribution in [3.63, 3.8) is 0 Å². The first kappa shape index (κ1) is 18.9. The maximum Gasteiger partial charge on any atom is 0.336 e. The van der Waals surface area contributed by atoms with Crippen molar-refractivity contribution in [3.8, 4) is 5.75 Å². The van der Waals surface area contributed by atoms with E-state index in [-0.39, 0.29) is 17.7 Å². The van der Waals surface area contributed by atoms with E-state index in [0.717, 1.165) is 18.2 Å². The molecule has 2 aromatic rings. The zero-order chi connectivity index (χ0) is 18.7. The Balaban J connectivity index is 1.50. The second-order valence-corrected chi connectivity index (χ2v) is 8.75. The molecule has 2 heterocycles. The topological polar surface area (TPSA) is 88.8 Å². The molecule has 0 amide bonds. The number of nitrogens with one attached hydrogen (secondary N) is 1. The molecule has 1 N–H and O–H groups in total. The van der Waals surface area contributed by atoms with Gasteiger partial charge in [0.1, 0.15) is 17.9 Å². The van der Waals surface area contributed by atoms with Gasteiger partial charge in [-0.3, -0.25) is 0 Å². The van der Waals surface area contributed by atoms with Gasteiger partial charge in [0.15, 0.2) is 0 Å². The molecule has 26 heavy (non-hydrogen) atoms. The molecular formula is C18H24N2O5S. The molecule has 3 rings (SSSR count). The zero-order valence-corrected chi connectivity index (χ0v) is 15.8. The van der Waals surface area contributed by atoms with E-state index in [9.17, 15) is 13.2 Å². The molecule has 0 radical (unpaired) electrons. The maximum atomic E-state index is 11.5. The maximum absolute atomic E-state index is 11.5. The van der Waals surface area contributed by atoms with E-state index in [0.29, 0.717) is 31.0 Å². The van der Waals surface area contributed by atoms with Crippen LogP contribution in [0.5, 0.6) is 5.75 Å². The summed E-state index contributed by atoms with van der Waals surface area (Å²) in [6.45, 7) is 3.60. The number of nitrogens with zero attached hydrogens (tertiary/aromatic N) is 1. The first-order chi connectivity index (χ1) is 12.3. The third kappa shape index (κ3) is 4.84. The molecule has 0 unspecified atom stereocenters. The zero-order valence-electron chi connectivity index (χ0n) is 15.0. The largest absolute Gasteiger partial charge is 0.492 e. The van der Waals surface area contributed by atoms with Crippen LogP contribution in [-0.2, 0) is 10.0 Å². The highest BCUT2D eigenvalue weighted by Crippen LogP contribution is 2.20. The highest BCUT2D eigenvalue weighted by atomic mass is 32.2. The van der Waals surface area contributed by atoms with E-state index in [2.05, 4.69) is 5.32 Å². The number of hydrogen-bond donors (Lipinski definition) is 1. The third-order valence-corrected chi connectivity index (χ3v) is 5.84. The minimum absolute atomic E-state index is 0.114. The molecule has 1 aliphatic heterocycles. The van der Waals surface area contributed by atoms with Gasteiger partial charge in [0.05, 0.1) is 6.26 Å². The number of fused-ring (bicyclic) bond motifs is 1. The predicted octanol–water partition coefficient (Wildman–Crippen LogP) is 1.57. The highest BCUT2D eigenvalue weighted by Gasteiger charge is 2.25. The Morgan fingerprint density at radius 1 is 1.27 bits per heavy atom. The Hall–Kier alpha value is -1.90. The summed E-state index contributed by atoms with van der Waals surface area (Å²) in [4.78, 5) is 11.3. The van der Waals surface area contributed by atoms with Gasteiger partial charge in [0, 0.05) is 42.7 Å². The molecule has 7 nitrogen and oxygen atoms in total. The van der Waals surface area contributed by atoms with Crippen molar-refractivity contribution < 1.29 is 17.6 Å². The predicted molar refractivity (Wildman–Crippen MR) is 100 cm³/mol. The Labute approximate surface area is 153 Å².